The summed E-state index contributed by atoms with van der Waals surface area (Å²) in [4.78, 5) is 59.5. The van der Waals surface area contributed by atoms with E-state index in [-0.39, 0.29) is 18.3 Å². The Morgan fingerprint density at radius 1 is 0.889 bits per heavy atom. The van der Waals surface area contributed by atoms with Crippen molar-refractivity contribution in [2.75, 3.05) is 18.0 Å². The van der Waals surface area contributed by atoms with Gasteiger partial charge in [-0.05, 0) is 66.5 Å². The Kier molecular flexibility index (Phi) is 12.8. The van der Waals surface area contributed by atoms with E-state index in [1.165, 1.54) is 69.0 Å². The zero-order chi connectivity index (χ0) is 38.2. The molecule has 11 nitrogen and oxygen atoms in total. The molecule has 1 saturated carbocycles. The van der Waals surface area contributed by atoms with Crippen LogP contribution in [0.3, 0.4) is 0 Å². The van der Waals surface area contributed by atoms with Gasteiger partial charge >= 0.3 is 5.97 Å². The first-order chi connectivity index (χ1) is 26.0. The first kappa shape index (κ1) is 39.1. The third kappa shape index (κ3) is 10.1. The molecule has 12 heteroatoms. The van der Waals surface area contributed by atoms with Gasteiger partial charge in [-0.1, -0.05) is 77.6 Å². The number of carbonyl (C=O) groups excluding carboxylic acids is 2. The zero-order valence-corrected chi connectivity index (χ0v) is 32.8. The number of nitrogens with zero attached hydrogens (tertiary/aromatic N) is 4. The van der Waals surface area contributed by atoms with Crippen LogP contribution in [-0.4, -0.2) is 68.0 Å². The van der Waals surface area contributed by atoms with Crippen molar-refractivity contribution in [2.45, 2.75) is 109 Å². The Morgan fingerprint density at radius 3 is 2.17 bits per heavy atom. The van der Waals surface area contributed by atoms with Gasteiger partial charge in [-0.15, -0.1) is 11.3 Å². The molecular formula is C42H55N7O4S. The van der Waals surface area contributed by atoms with Gasteiger partial charge in [0, 0.05) is 42.6 Å². The minimum Gasteiger partial charge on any atom is -0.480 e. The Balaban J connectivity index is 1.09. The van der Waals surface area contributed by atoms with Crippen molar-refractivity contribution in [2.24, 2.45) is 17.8 Å². The van der Waals surface area contributed by atoms with Crippen LogP contribution in [-0.2, 0) is 27.8 Å². The summed E-state index contributed by atoms with van der Waals surface area (Å²) in [7, 11) is 0. The normalized spacial score (nSPS) is 19.2. The van der Waals surface area contributed by atoms with Crippen LogP contribution >= 0.6 is 11.3 Å². The number of imidazole rings is 1. The van der Waals surface area contributed by atoms with Crippen LogP contribution < -0.4 is 15.5 Å². The second kappa shape index (κ2) is 17.7. The summed E-state index contributed by atoms with van der Waals surface area (Å²) < 4.78 is 0. The van der Waals surface area contributed by atoms with E-state index in [2.05, 4.69) is 53.2 Å². The maximum absolute atomic E-state index is 13.7. The molecule has 1 aliphatic heterocycles. The number of carbonyl (C=O) groups is 3. The minimum atomic E-state index is -1.22. The van der Waals surface area contributed by atoms with Gasteiger partial charge in [0.05, 0.1) is 35.0 Å². The number of benzene rings is 1. The predicted molar refractivity (Wildman–Crippen MR) is 213 cm³/mol. The lowest BCUT2D eigenvalue weighted by Gasteiger charge is -2.39. The van der Waals surface area contributed by atoms with Crippen LogP contribution in [0.4, 0.5) is 5.69 Å². The first-order valence-electron chi connectivity index (χ1n) is 19.5. The van der Waals surface area contributed by atoms with E-state index in [0.29, 0.717) is 16.4 Å². The number of thiophene rings is 1. The van der Waals surface area contributed by atoms with Crippen LogP contribution in [0.15, 0.2) is 61.3 Å². The topological polar surface area (TPSA) is 153 Å². The number of hydrogen-bond acceptors (Lipinski definition) is 8. The fourth-order valence-electron chi connectivity index (χ4n) is 8.03. The molecule has 4 aromatic rings. The van der Waals surface area contributed by atoms with Gasteiger partial charge < -0.3 is 25.6 Å². The average molecular weight is 754 g/mol. The smallest absolute Gasteiger partial charge is 0.326 e. The molecule has 0 bridgehead atoms. The Labute approximate surface area is 322 Å². The van der Waals surface area contributed by atoms with Gasteiger partial charge in [0.25, 0.3) is 5.91 Å². The lowest BCUT2D eigenvalue weighted by atomic mass is 9.72. The van der Waals surface area contributed by atoms with E-state index >= 15 is 0 Å². The molecule has 1 aromatic carbocycles. The van der Waals surface area contributed by atoms with Crippen molar-refractivity contribution >= 4 is 34.8 Å². The summed E-state index contributed by atoms with van der Waals surface area (Å²) in [5, 5.41) is 15.4. The predicted octanol–water partition coefficient (Wildman–Crippen LogP) is 7.20. The number of hydrogen-bond donors (Lipinski definition) is 4. The van der Waals surface area contributed by atoms with E-state index in [1.54, 1.807) is 12.3 Å². The van der Waals surface area contributed by atoms with Crippen molar-refractivity contribution in [3.05, 3.63) is 82.3 Å². The highest BCUT2D eigenvalue weighted by molar-refractivity contribution is 7.14. The molecule has 4 heterocycles. The number of nitrogens with one attached hydrogen (secondary N) is 3. The van der Waals surface area contributed by atoms with Gasteiger partial charge in [0.15, 0.2) is 5.82 Å². The second-order valence-corrected chi connectivity index (χ2v) is 17.2. The first-order valence-corrected chi connectivity index (χ1v) is 20.4. The lowest BCUT2D eigenvalue weighted by Crippen LogP contribution is -2.53. The molecule has 2 amide bonds. The number of anilines is 1. The van der Waals surface area contributed by atoms with E-state index < -0.39 is 29.9 Å². The molecule has 6 rings (SSSR count). The molecule has 1 saturated heterocycles. The van der Waals surface area contributed by atoms with Crippen LogP contribution in [0.2, 0.25) is 0 Å². The highest BCUT2D eigenvalue weighted by atomic mass is 32.1. The van der Waals surface area contributed by atoms with Crippen LogP contribution in [0.1, 0.15) is 105 Å². The molecular weight excluding hydrogens is 699 g/mol. The molecule has 1 aliphatic carbocycles. The molecule has 0 radical (unpaired) electrons. The number of aromatic nitrogens is 4. The number of carboxylic acids is 1. The van der Waals surface area contributed by atoms with Crippen LogP contribution in [0.5, 0.6) is 0 Å². The Bertz CT molecular complexity index is 1820. The number of aromatic amines is 1. The summed E-state index contributed by atoms with van der Waals surface area (Å²) in [6.45, 7) is 10.6. The van der Waals surface area contributed by atoms with E-state index in [9.17, 15) is 19.5 Å². The van der Waals surface area contributed by atoms with E-state index in [4.69, 9.17) is 9.97 Å². The number of piperidine rings is 1. The molecule has 4 N–H and O–H groups in total. The van der Waals surface area contributed by atoms with Crippen LogP contribution in [0, 0.1) is 17.8 Å². The monoisotopic (exact) mass is 753 g/mol. The highest BCUT2D eigenvalue weighted by Crippen LogP contribution is 2.39. The van der Waals surface area contributed by atoms with Gasteiger partial charge in [-0.3, -0.25) is 9.59 Å². The fraction of sp³-hybridized carbons (Fsp3) is 0.524. The Morgan fingerprint density at radius 2 is 1.57 bits per heavy atom. The van der Waals surface area contributed by atoms with Gasteiger partial charge in [0.2, 0.25) is 5.91 Å². The largest absolute Gasteiger partial charge is 0.480 e. The van der Waals surface area contributed by atoms with E-state index in [0.717, 1.165) is 52.5 Å². The third-order valence-electron chi connectivity index (χ3n) is 11.2. The van der Waals surface area contributed by atoms with Crippen molar-refractivity contribution in [1.29, 1.82) is 0 Å². The summed E-state index contributed by atoms with van der Waals surface area (Å²) >= 11 is 1.38. The van der Waals surface area contributed by atoms with E-state index in [1.807, 2.05) is 42.7 Å². The molecule has 54 heavy (non-hydrogen) atoms. The molecule has 0 unspecified atom stereocenters. The van der Waals surface area contributed by atoms with Gasteiger partial charge in [-0.2, -0.15) is 0 Å². The Hall–Kier alpha value is -4.58. The number of H-pyrrole nitrogens is 1. The summed E-state index contributed by atoms with van der Waals surface area (Å²) in [5.41, 5.74) is 3.06. The third-order valence-corrected chi connectivity index (χ3v) is 12.7. The average Bonchev–Trinajstić information content (AvgIpc) is 3.89. The molecule has 3 aromatic heterocycles. The summed E-state index contributed by atoms with van der Waals surface area (Å²) in [6, 6.07) is 9.03. The molecule has 2 aliphatic rings. The number of amides is 2. The number of aliphatic carboxylic acids is 1. The lowest BCUT2D eigenvalue weighted by molar-refractivity contribution is -0.142. The van der Waals surface area contributed by atoms with Crippen molar-refractivity contribution in [3.63, 3.8) is 0 Å². The number of rotatable bonds is 14. The summed E-state index contributed by atoms with van der Waals surface area (Å²) in [5.74, 6) is 1.11. The SMILES string of the molecule is CCCC1CCC(C2CCN(c3cnc(-c4ccc(C[C@H](NC(=O)c5ccc(C(C)(C)C)s5)C(=O)N[C@H](Cc5c[nH]cn5)C(=O)O)cc4)nc3)CC2)CC1. The fourth-order valence-corrected chi connectivity index (χ4v) is 9.00. The highest BCUT2D eigenvalue weighted by Gasteiger charge is 2.31. The van der Waals surface area contributed by atoms with Crippen molar-refractivity contribution < 1.29 is 19.5 Å². The molecule has 2 fully saturated rings. The molecule has 0 spiro atoms. The van der Waals surface area contributed by atoms with Crippen molar-refractivity contribution in [3.8, 4) is 11.4 Å². The summed E-state index contributed by atoms with van der Waals surface area (Å²) in [6.07, 6.45) is 17.8. The second-order valence-electron chi connectivity index (χ2n) is 16.2. The number of carboxylic acid groups (broad SMARTS) is 1. The maximum Gasteiger partial charge on any atom is 0.326 e. The maximum atomic E-state index is 13.7. The standard InChI is InChI=1S/C42H55N7O4S/c1-5-6-27-7-11-29(12-8-27)30-17-19-49(20-18-30)33-24-44-38(45-25-33)31-13-9-28(10-14-31)21-34(47-40(51)36-15-16-37(54-36)42(2,3)4)39(50)48-35(41(52)53)22-32-23-43-26-46-32/h9-10,13-16,23-27,29-30,34-35H,5-8,11-12,17-22H2,1-4H3,(H,43,46)(H,47,51)(H,48,50)(H,52,53)/t27?,29?,34-,35+/m0/s1. The molecule has 2 atom stereocenters. The van der Waals surface area contributed by atoms with Crippen molar-refractivity contribution in [1.82, 2.24) is 30.6 Å². The zero-order valence-electron chi connectivity index (χ0n) is 32.0. The van der Waals surface area contributed by atoms with Gasteiger partial charge in [-0.25, -0.2) is 19.7 Å². The molecule has 288 valence electrons. The quantitative estimate of drug-likeness (QED) is 0.106. The van der Waals surface area contributed by atoms with Gasteiger partial charge in [0.1, 0.15) is 12.1 Å². The minimum absolute atomic E-state index is 0.00310. The van der Waals surface area contributed by atoms with Crippen LogP contribution in [0.25, 0.3) is 11.4 Å².